The molecule has 1 atom stereocenters. The summed E-state index contributed by atoms with van der Waals surface area (Å²) in [6.45, 7) is 2.50. The fourth-order valence-electron chi connectivity index (χ4n) is 2.94. The van der Waals surface area contributed by atoms with Crippen molar-refractivity contribution in [1.82, 2.24) is 5.32 Å². The molecule has 2 amide bonds. The zero-order valence-corrected chi connectivity index (χ0v) is 15.6. The second-order valence-corrected chi connectivity index (χ2v) is 6.32. The molecule has 138 valence electrons. The molecule has 1 aliphatic rings. The van der Waals surface area contributed by atoms with E-state index in [4.69, 9.17) is 25.8 Å². The van der Waals surface area contributed by atoms with Crippen LogP contribution in [-0.4, -0.2) is 51.8 Å². The fraction of sp³-hybridized carbons (Fsp3) is 0.529. The van der Waals surface area contributed by atoms with Crippen molar-refractivity contribution in [2.45, 2.75) is 25.3 Å². The summed E-state index contributed by atoms with van der Waals surface area (Å²) in [5, 5.41) is 3.14. The van der Waals surface area contributed by atoms with Gasteiger partial charge < -0.3 is 19.5 Å². The molecule has 0 unspecified atom stereocenters. The highest BCUT2D eigenvalue weighted by molar-refractivity contribution is 6.32. The number of hydrogen-bond acceptors (Lipinski definition) is 5. The second kappa shape index (κ2) is 7.93. The van der Waals surface area contributed by atoms with E-state index in [1.165, 1.54) is 19.1 Å². The van der Waals surface area contributed by atoms with Crippen LogP contribution in [0.5, 0.6) is 11.5 Å². The van der Waals surface area contributed by atoms with Crippen molar-refractivity contribution in [3.8, 4) is 11.5 Å². The number of nitrogens with zero attached hydrogens (tertiary/aromatic N) is 1. The number of anilines is 1. The largest absolute Gasteiger partial charge is 0.495 e. The molecule has 1 aromatic carbocycles. The highest BCUT2D eigenvalue weighted by atomic mass is 35.5. The van der Waals surface area contributed by atoms with Crippen molar-refractivity contribution in [2.75, 3.05) is 39.4 Å². The van der Waals surface area contributed by atoms with E-state index in [1.54, 1.807) is 26.2 Å². The Morgan fingerprint density at radius 2 is 1.96 bits per heavy atom. The van der Waals surface area contributed by atoms with Crippen molar-refractivity contribution in [3.63, 3.8) is 0 Å². The van der Waals surface area contributed by atoms with Crippen LogP contribution in [-0.2, 0) is 14.3 Å². The number of carbonyl (C=O) groups excluding carboxylic acids is 2. The van der Waals surface area contributed by atoms with E-state index in [-0.39, 0.29) is 18.2 Å². The van der Waals surface area contributed by atoms with Crippen LogP contribution in [0.4, 0.5) is 5.69 Å². The van der Waals surface area contributed by atoms with E-state index in [2.05, 4.69) is 5.32 Å². The Labute approximate surface area is 152 Å². The molecule has 25 heavy (non-hydrogen) atoms. The maximum absolute atomic E-state index is 12.7. The van der Waals surface area contributed by atoms with Gasteiger partial charge in [-0.3, -0.25) is 14.5 Å². The van der Waals surface area contributed by atoms with E-state index in [0.717, 1.165) is 0 Å². The third-order valence-corrected chi connectivity index (χ3v) is 4.64. The zero-order valence-electron chi connectivity index (χ0n) is 14.8. The monoisotopic (exact) mass is 370 g/mol. The molecule has 1 saturated heterocycles. The lowest BCUT2D eigenvalue weighted by atomic mass is 9.97. The molecular formula is C17H23ClN2O5. The van der Waals surface area contributed by atoms with Crippen LogP contribution in [0.3, 0.4) is 0 Å². The molecule has 8 heteroatoms. The Kier molecular flexibility index (Phi) is 6.13. The van der Waals surface area contributed by atoms with Gasteiger partial charge in [0.05, 0.1) is 31.5 Å². The van der Waals surface area contributed by atoms with Gasteiger partial charge >= 0.3 is 0 Å². The first-order valence-corrected chi connectivity index (χ1v) is 8.28. The number of halogens is 1. The average molecular weight is 371 g/mol. The quantitative estimate of drug-likeness (QED) is 0.743. The molecule has 0 aliphatic carbocycles. The summed E-state index contributed by atoms with van der Waals surface area (Å²) in [5.41, 5.74) is -0.587. The van der Waals surface area contributed by atoms with Crippen LogP contribution >= 0.6 is 11.6 Å². The SMILES string of the molecule is COCCNC(=O)[C@]1(C)CCC(=O)N1c1cc(Cl)c(OC)cc1OC. The Hall–Kier alpha value is -1.99. The van der Waals surface area contributed by atoms with Crippen molar-refractivity contribution in [2.24, 2.45) is 0 Å². The number of ether oxygens (including phenoxy) is 3. The Balaban J connectivity index is 2.42. The molecule has 0 bridgehead atoms. The number of amides is 2. The first-order valence-electron chi connectivity index (χ1n) is 7.91. The third kappa shape index (κ3) is 3.67. The molecule has 1 fully saturated rings. The number of carbonyl (C=O) groups is 2. The second-order valence-electron chi connectivity index (χ2n) is 5.91. The molecular weight excluding hydrogens is 348 g/mol. The normalized spacial score (nSPS) is 19.9. The molecule has 1 N–H and O–H groups in total. The van der Waals surface area contributed by atoms with Gasteiger partial charge in [0.1, 0.15) is 17.0 Å². The number of hydrogen-bond donors (Lipinski definition) is 1. The number of methoxy groups -OCH3 is 3. The molecule has 0 saturated carbocycles. The zero-order chi connectivity index (χ0) is 18.6. The first kappa shape index (κ1) is 19.3. The highest BCUT2D eigenvalue weighted by Gasteiger charge is 2.49. The minimum Gasteiger partial charge on any atom is -0.495 e. The van der Waals surface area contributed by atoms with Gasteiger partial charge in [0.15, 0.2) is 0 Å². The third-order valence-electron chi connectivity index (χ3n) is 4.34. The van der Waals surface area contributed by atoms with Gasteiger partial charge in [-0.1, -0.05) is 11.6 Å². The van der Waals surface area contributed by atoms with E-state index in [0.29, 0.717) is 41.8 Å². The first-order chi connectivity index (χ1) is 11.9. The lowest BCUT2D eigenvalue weighted by Crippen LogP contribution is -2.55. The van der Waals surface area contributed by atoms with Crippen molar-refractivity contribution >= 4 is 29.1 Å². The van der Waals surface area contributed by atoms with Crippen LogP contribution in [0.2, 0.25) is 5.02 Å². The lowest BCUT2D eigenvalue weighted by molar-refractivity contribution is -0.127. The minimum absolute atomic E-state index is 0.163. The summed E-state index contributed by atoms with van der Waals surface area (Å²) in [7, 11) is 4.54. The topological polar surface area (TPSA) is 77.1 Å². The van der Waals surface area contributed by atoms with Crippen LogP contribution in [0.15, 0.2) is 12.1 Å². The van der Waals surface area contributed by atoms with Crippen LogP contribution in [0, 0.1) is 0 Å². The Bertz CT molecular complexity index is 667. The summed E-state index contributed by atoms with van der Waals surface area (Å²) in [6.07, 6.45) is 0.665. The van der Waals surface area contributed by atoms with E-state index < -0.39 is 5.54 Å². The maximum atomic E-state index is 12.7. The summed E-state index contributed by atoms with van der Waals surface area (Å²) < 4.78 is 15.5. The summed E-state index contributed by atoms with van der Waals surface area (Å²) >= 11 is 6.22. The predicted molar refractivity (Wildman–Crippen MR) is 94.6 cm³/mol. The Morgan fingerprint density at radius 3 is 2.56 bits per heavy atom. The molecule has 1 heterocycles. The summed E-state index contributed by atoms with van der Waals surface area (Å²) in [5.74, 6) is 0.431. The van der Waals surface area contributed by atoms with Gasteiger partial charge in [-0.2, -0.15) is 0 Å². The van der Waals surface area contributed by atoms with Gasteiger partial charge in [0, 0.05) is 26.1 Å². The molecule has 0 aromatic heterocycles. The number of benzene rings is 1. The smallest absolute Gasteiger partial charge is 0.246 e. The van der Waals surface area contributed by atoms with Gasteiger partial charge in [-0.15, -0.1) is 0 Å². The van der Waals surface area contributed by atoms with Crippen LogP contribution in [0.1, 0.15) is 19.8 Å². The van der Waals surface area contributed by atoms with Crippen LogP contribution in [0.25, 0.3) is 0 Å². The van der Waals surface area contributed by atoms with E-state index >= 15 is 0 Å². The highest BCUT2D eigenvalue weighted by Crippen LogP contribution is 2.44. The summed E-state index contributed by atoms with van der Waals surface area (Å²) in [6, 6.07) is 3.19. The Morgan fingerprint density at radius 1 is 1.28 bits per heavy atom. The predicted octanol–water partition coefficient (Wildman–Crippen LogP) is 2.01. The van der Waals surface area contributed by atoms with Crippen molar-refractivity contribution < 1.29 is 23.8 Å². The van der Waals surface area contributed by atoms with Gasteiger partial charge in [-0.05, 0) is 19.4 Å². The van der Waals surface area contributed by atoms with Crippen molar-refractivity contribution in [3.05, 3.63) is 17.2 Å². The van der Waals surface area contributed by atoms with E-state index in [1.807, 2.05) is 0 Å². The number of nitrogens with one attached hydrogen (secondary N) is 1. The molecule has 2 rings (SSSR count). The standard InChI is InChI=1S/C17H23ClN2O5/c1-17(16(22)19-7-8-23-2)6-5-15(21)20(17)12-9-11(18)13(24-3)10-14(12)25-4/h9-10H,5-8H2,1-4H3,(H,19,22)/t17-/m0/s1. The molecule has 1 aromatic rings. The van der Waals surface area contributed by atoms with Gasteiger partial charge in [0.25, 0.3) is 0 Å². The van der Waals surface area contributed by atoms with Crippen molar-refractivity contribution in [1.29, 1.82) is 0 Å². The van der Waals surface area contributed by atoms with Gasteiger partial charge in [0.2, 0.25) is 11.8 Å². The minimum atomic E-state index is -1.03. The van der Waals surface area contributed by atoms with Gasteiger partial charge in [-0.25, -0.2) is 0 Å². The number of rotatable bonds is 7. The van der Waals surface area contributed by atoms with Crippen LogP contribution < -0.4 is 19.7 Å². The molecule has 0 spiro atoms. The summed E-state index contributed by atoms with van der Waals surface area (Å²) in [4.78, 5) is 26.7. The molecule has 7 nitrogen and oxygen atoms in total. The molecule has 0 radical (unpaired) electrons. The lowest BCUT2D eigenvalue weighted by Gasteiger charge is -2.34. The molecule has 1 aliphatic heterocycles. The fourth-order valence-corrected chi connectivity index (χ4v) is 3.18. The maximum Gasteiger partial charge on any atom is 0.246 e. The van der Waals surface area contributed by atoms with E-state index in [9.17, 15) is 9.59 Å². The average Bonchev–Trinajstić information content (AvgIpc) is 2.90.